The highest BCUT2D eigenvalue weighted by Gasteiger charge is 2.13. The molecular formula is C11H13NO4. The molecule has 1 rings (SSSR count). The molecule has 3 N–H and O–H groups in total. The van der Waals surface area contributed by atoms with Crippen molar-refractivity contribution in [3.05, 3.63) is 29.8 Å². The number of rotatable bonds is 5. The maximum Gasteiger partial charge on any atom is 0.339 e. The van der Waals surface area contributed by atoms with E-state index in [9.17, 15) is 9.59 Å². The summed E-state index contributed by atoms with van der Waals surface area (Å²) in [5, 5.41) is 8.87. The summed E-state index contributed by atoms with van der Waals surface area (Å²) in [5.41, 5.74) is 5.13. The zero-order chi connectivity index (χ0) is 12.1. The van der Waals surface area contributed by atoms with E-state index in [4.69, 9.17) is 15.6 Å². The van der Waals surface area contributed by atoms with Gasteiger partial charge < -0.3 is 15.6 Å². The fourth-order valence-corrected chi connectivity index (χ4v) is 1.07. The summed E-state index contributed by atoms with van der Waals surface area (Å²) in [7, 11) is 0. The van der Waals surface area contributed by atoms with Crippen molar-refractivity contribution < 1.29 is 19.4 Å². The molecule has 1 aromatic rings. The first kappa shape index (κ1) is 12.0. The minimum Gasteiger partial charge on any atom is -0.492 e. The van der Waals surface area contributed by atoms with Crippen LogP contribution in [0.5, 0.6) is 5.75 Å². The molecule has 16 heavy (non-hydrogen) atoms. The molecule has 1 aromatic carbocycles. The summed E-state index contributed by atoms with van der Waals surface area (Å²) in [6.07, 6.45) is 0. The molecule has 1 unspecified atom stereocenters. The predicted octanol–water partition coefficient (Wildman–Crippen LogP) is 0.885. The Morgan fingerprint density at radius 1 is 1.44 bits per heavy atom. The van der Waals surface area contributed by atoms with Crippen LogP contribution in [-0.4, -0.2) is 23.6 Å². The van der Waals surface area contributed by atoms with Crippen LogP contribution in [0, 0.1) is 5.92 Å². The van der Waals surface area contributed by atoms with Gasteiger partial charge in [0, 0.05) is 0 Å². The van der Waals surface area contributed by atoms with Crippen molar-refractivity contribution in [1.29, 1.82) is 0 Å². The van der Waals surface area contributed by atoms with Crippen molar-refractivity contribution in [3.63, 3.8) is 0 Å². The van der Waals surface area contributed by atoms with E-state index < -0.39 is 17.8 Å². The van der Waals surface area contributed by atoms with Crippen molar-refractivity contribution >= 4 is 11.9 Å². The van der Waals surface area contributed by atoms with Crippen molar-refractivity contribution in [2.45, 2.75) is 6.92 Å². The second-order valence-electron chi connectivity index (χ2n) is 3.42. The number of para-hydroxylation sites is 1. The molecule has 0 aliphatic heterocycles. The largest absolute Gasteiger partial charge is 0.492 e. The Kier molecular flexibility index (Phi) is 3.88. The van der Waals surface area contributed by atoms with Gasteiger partial charge in [-0.3, -0.25) is 4.79 Å². The third-order valence-corrected chi connectivity index (χ3v) is 2.09. The molecule has 5 nitrogen and oxygen atoms in total. The third-order valence-electron chi connectivity index (χ3n) is 2.09. The predicted molar refractivity (Wildman–Crippen MR) is 57.3 cm³/mol. The number of amides is 1. The van der Waals surface area contributed by atoms with Crippen molar-refractivity contribution in [2.24, 2.45) is 11.7 Å². The number of carboxylic acid groups (broad SMARTS) is 1. The van der Waals surface area contributed by atoms with Gasteiger partial charge in [-0.2, -0.15) is 0 Å². The summed E-state index contributed by atoms with van der Waals surface area (Å²) in [6.45, 7) is 1.69. The first-order valence-corrected chi connectivity index (χ1v) is 4.76. The van der Waals surface area contributed by atoms with Crippen LogP contribution < -0.4 is 10.5 Å². The van der Waals surface area contributed by atoms with Crippen molar-refractivity contribution in [3.8, 4) is 5.75 Å². The van der Waals surface area contributed by atoms with Crippen LogP contribution >= 0.6 is 0 Å². The Morgan fingerprint density at radius 2 is 2.06 bits per heavy atom. The van der Waals surface area contributed by atoms with Gasteiger partial charge in [0.2, 0.25) is 5.91 Å². The van der Waals surface area contributed by atoms with Crippen molar-refractivity contribution in [2.75, 3.05) is 6.61 Å². The molecular weight excluding hydrogens is 210 g/mol. The van der Waals surface area contributed by atoms with E-state index >= 15 is 0 Å². The molecule has 0 radical (unpaired) electrons. The molecule has 0 saturated carbocycles. The van der Waals surface area contributed by atoms with Gasteiger partial charge in [-0.05, 0) is 12.1 Å². The van der Waals surface area contributed by atoms with Crippen LogP contribution in [0.15, 0.2) is 24.3 Å². The highest BCUT2D eigenvalue weighted by molar-refractivity contribution is 5.90. The number of carboxylic acids is 1. The van der Waals surface area contributed by atoms with E-state index in [0.717, 1.165) is 0 Å². The van der Waals surface area contributed by atoms with Crippen LogP contribution in [0.4, 0.5) is 0 Å². The molecule has 0 aliphatic rings. The number of hydrogen-bond acceptors (Lipinski definition) is 3. The lowest BCUT2D eigenvalue weighted by molar-refractivity contribution is -0.122. The minimum absolute atomic E-state index is 0.0687. The van der Waals surface area contributed by atoms with Gasteiger partial charge in [0.1, 0.15) is 11.3 Å². The molecule has 86 valence electrons. The first-order valence-electron chi connectivity index (χ1n) is 4.76. The molecule has 0 bridgehead atoms. The Bertz CT molecular complexity index is 403. The SMILES string of the molecule is CC(COc1ccccc1C(=O)O)C(N)=O. The quantitative estimate of drug-likeness (QED) is 0.775. The van der Waals surface area contributed by atoms with Gasteiger partial charge in [0.15, 0.2) is 0 Å². The molecule has 5 heteroatoms. The number of carbonyl (C=O) groups is 2. The monoisotopic (exact) mass is 223 g/mol. The Morgan fingerprint density at radius 3 is 2.62 bits per heavy atom. The molecule has 0 fully saturated rings. The van der Waals surface area contributed by atoms with Gasteiger partial charge in [-0.1, -0.05) is 19.1 Å². The Balaban J connectivity index is 2.74. The van der Waals surface area contributed by atoms with Gasteiger partial charge in [0.25, 0.3) is 0 Å². The van der Waals surface area contributed by atoms with Gasteiger partial charge in [-0.15, -0.1) is 0 Å². The topological polar surface area (TPSA) is 89.6 Å². The molecule has 0 heterocycles. The maximum absolute atomic E-state index is 10.8. The summed E-state index contributed by atoms with van der Waals surface area (Å²) in [4.78, 5) is 21.6. The van der Waals surface area contributed by atoms with Gasteiger partial charge >= 0.3 is 5.97 Å². The minimum atomic E-state index is -1.07. The Labute approximate surface area is 92.8 Å². The lowest BCUT2D eigenvalue weighted by Gasteiger charge is -2.11. The van der Waals surface area contributed by atoms with Gasteiger partial charge in [-0.25, -0.2) is 4.79 Å². The second-order valence-corrected chi connectivity index (χ2v) is 3.42. The van der Waals surface area contributed by atoms with Crippen molar-refractivity contribution in [1.82, 2.24) is 0 Å². The van der Waals surface area contributed by atoms with E-state index in [1.165, 1.54) is 12.1 Å². The number of primary amides is 1. The normalized spacial score (nSPS) is 11.8. The van der Waals surface area contributed by atoms with E-state index in [2.05, 4.69) is 0 Å². The molecule has 0 aliphatic carbocycles. The molecule has 1 amide bonds. The number of hydrogen-bond donors (Lipinski definition) is 2. The number of carbonyl (C=O) groups excluding carboxylic acids is 1. The standard InChI is InChI=1S/C11H13NO4/c1-7(10(12)13)6-16-9-5-3-2-4-8(9)11(14)15/h2-5,7H,6H2,1H3,(H2,12,13)(H,14,15). The zero-order valence-corrected chi connectivity index (χ0v) is 8.84. The van der Waals surface area contributed by atoms with E-state index in [1.807, 2.05) is 0 Å². The van der Waals surface area contributed by atoms with Crippen LogP contribution in [0.25, 0.3) is 0 Å². The molecule has 0 spiro atoms. The summed E-state index contributed by atoms with van der Waals surface area (Å²) >= 11 is 0. The fraction of sp³-hybridized carbons (Fsp3) is 0.273. The smallest absolute Gasteiger partial charge is 0.339 e. The number of ether oxygens (including phenoxy) is 1. The second kappa shape index (κ2) is 5.16. The summed E-state index contributed by atoms with van der Waals surface area (Å²) in [5.74, 6) is -1.76. The first-order chi connectivity index (χ1) is 7.52. The zero-order valence-electron chi connectivity index (χ0n) is 8.84. The fourth-order valence-electron chi connectivity index (χ4n) is 1.07. The average molecular weight is 223 g/mol. The highest BCUT2D eigenvalue weighted by Crippen LogP contribution is 2.18. The van der Waals surface area contributed by atoms with Crippen LogP contribution in [0.3, 0.4) is 0 Å². The van der Waals surface area contributed by atoms with Crippen LogP contribution in [-0.2, 0) is 4.79 Å². The molecule has 1 atom stereocenters. The lowest BCUT2D eigenvalue weighted by atomic mass is 10.2. The van der Waals surface area contributed by atoms with E-state index in [1.54, 1.807) is 19.1 Å². The number of aromatic carboxylic acids is 1. The summed E-state index contributed by atoms with van der Waals surface area (Å²) < 4.78 is 5.24. The number of nitrogens with two attached hydrogens (primary N) is 1. The third kappa shape index (κ3) is 2.98. The highest BCUT2D eigenvalue weighted by atomic mass is 16.5. The van der Waals surface area contributed by atoms with Crippen LogP contribution in [0.2, 0.25) is 0 Å². The molecule has 0 saturated heterocycles. The van der Waals surface area contributed by atoms with E-state index in [-0.39, 0.29) is 17.9 Å². The number of benzene rings is 1. The van der Waals surface area contributed by atoms with E-state index in [0.29, 0.717) is 0 Å². The molecule has 0 aromatic heterocycles. The lowest BCUT2D eigenvalue weighted by Crippen LogP contribution is -2.26. The summed E-state index contributed by atoms with van der Waals surface area (Å²) in [6, 6.07) is 6.24. The maximum atomic E-state index is 10.8. The Hall–Kier alpha value is -2.04. The van der Waals surface area contributed by atoms with Crippen LogP contribution in [0.1, 0.15) is 17.3 Å². The van der Waals surface area contributed by atoms with Gasteiger partial charge in [0.05, 0.1) is 12.5 Å². The average Bonchev–Trinajstić information content (AvgIpc) is 2.25.